The van der Waals surface area contributed by atoms with Gasteiger partial charge in [0.05, 0.1) is 0 Å². The summed E-state index contributed by atoms with van der Waals surface area (Å²) >= 11 is 0. The summed E-state index contributed by atoms with van der Waals surface area (Å²) in [6.45, 7) is 2.76. The van der Waals surface area contributed by atoms with Gasteiger partial charge in [-0.1, -0.05) is 24.1 Å². The van der Waals surface area contributed by atoms with Gasteiger partial charge in [0.2, 0.25) is 0 Å². The Morgan fingerprint density at radius 1 is 1.26 bits per heavy atom. The molecular weight excluding hydrogens is 236 g/mol. The van der Waals surface area contributed by atoms with Crippen LogP contribution >= 0.6 is 0 Å². The number of likely N-dealkylation sites (tertiary alicyclic amines) is 1. The van der Waals surface area contributed by atoms with E-state index in [0.717, 1.165) is 25.2 Å². The summed E-state index contributed by atoms with van der Waals surface area (Å²) in [6, 6.07) is 10.1. The number of hydrogen-bond donors (Lipinski definition) is 1. The van der Waals surface area contributed by atoms with Crippen LogP contribution in [0.2, 0.25) is 0 Å². The third-order valence-corrected chi connectivity index (χ3v) is 3.97. The van der Waals surface area contributed by atoms with E-state index in [0.29, 0.717) is 12.0 Å². The number of hydrogen-bond acceptors (Lipinski definition) is 2. The molecule has 0 aromatic heterocycles. The molecule has 1 N–H and O–H groups in total. The van der Waals surface area contributed by atoms with Crippen molar-refractivity contribution in [3.05, 3.63) is 35.9 Å². The molecule has 2 atom stereocenters. The molecule has 0 radical (unpaired) electrons. The van der Waals surface area contributed by atoms with Crippen molar-refractivity contribution >= 4 is 5.91 Å². The van der Waals surface area contributed by atoms with E-state index in [9.17, 15) is 4.79 Å². The average Bonchev–Trinajstić information content (AvgIpc) is 2.90. The van der Waals surface area contributed by atoms with Gasteiger partial charge in [-0.3, -0.25) is 4.79 Å². The van der Waals surface area contributed by atoms with E-state index < -0.39 is 0 Å². The van der Waals surface area contributed by atoms with Crippen molar-refractivity contribution in [1.29, 1.82) is 0 Å². The fourth-order valence-electron chi connectivity index (χ4n) is 2.94. The molecule has 3 heteroatoms. The number of carbonyl (C=O) groups is 1. The highest BCUT2D eigenvalue weighted by atomic mass is 16.2. The number of piperidine rings is 1. The lowest BCUT2D eigenvalue weighted by Crippen LogP contribution is -2.40. The Morgan fingerprint density at radius 2 is 2.11 bits per heavy atom. The second-order valence-electron chi connectivity index (χ2n) is 5.29. The van der Waals surface area contributed by atoms with E-state index in [1.807, 2.05) is 35.2 Å². The van der Waals surface area contributed by atoms with Crippen molar-refractivity contribution in [2.24, 2.45) is 5.92 Å². The summed E-state index contributed by atoms with van der Waals surface area (Å²) < 4.78 is 0. The smallest absolute Gasteiger partial charge is 0.298 e. The number of carbonyl (C=O) groups excluding carboxylic acids is 1. The highest BCUT2D eigenvalue weighted by molar-refractivity contribution is 5.94. The lowest BCUT2D eigenvalue weighted by Gasteiger charge is -2.24. The number of rotatable bonds is 0. The molecule has 2 aliphatic rings. The summed E-state index contributed by atoms with van der Waals surface area (Å²) in [5, 5.41) is 3.50. The first-order valence-corrected chi connectivity index (χ1v) is 6.92. The van der Waals surface area contributed by atoms with Crippen LogP contribution < -0.4 is 5.32 Å². The first kappa shape index (κ1) is 12.3. The van der Waals surface area contributed by atoms with Crippen LogP contribution in [0.3, 0.4) is 0 Å². The van der Waals surface area contributed by atoms with Crippen LogP contribution in [-0.2, 0) is 4.79 Å². The predicted octanol–water partition coefficient (Wildman–Crippen LogP) is 1.25. The van der Waals surface area contributed by atoms with Gasteiger partial charge in [-0.15, -0.1) is 0 Å². The molecule has 2 fully saturated rings. The van der Waals surface area contributed by atoms with Gasteiger partial charge >= 0.3 is 0 Å². The summed E-state index contributed by atoms with van der Waals surface area (Å²) in [4.78, 5) is 14.0. The lowest BCUT2D eigenvalue weighted by molar-refractivity contribution is -0.124. The molecule has 2 saturated heterocycles. The maximum Gasteiger partial charge on any atom is 0.298 e. The minimum absolute atomic E-state index is 0.0416. The summed E-state index contributed by atoms with van der Waals surface area (Å²) in [6.07, 6.45) is 2.45. The van der Waals surface area contributed by atoms with Gasteiger partial charge in [-0.2, -0.15) is 0 Å². The maximum absolute atomic E-state index is 12.1. The normalized spacial score (nSPS) is 25.4. The summed E-state index contributed by atoms with van der Waals surface area (Å²) in [5.74, 6) is 6.28. The molecule has 3 nitrogen and oxygen atoms in total. The van der Waals surface area contributed by atoms with Crippen LogP contribution in [0.4, 0.5) is 0 Å². The van der Waals surface area contributed by atoms with Crippen LogP contribution in [0.25, 0.3) is 0 Å². The molecule has 19 heavy (non-hydrogen) atoms. The van der Waals surface area contributed by atoms with Gasteiger partial charge in [0.1, 0.15) is 0 Å². The second-order valence-corrected chi connectivity index (χ2v) is 5.29. The number of amides is 1. The fraction of sp³-hybridized carbons (Fsp3) is 0.438. The molecule has 0 saturated carbocycles. The Bertz CT molecular complexity index is 501. The minimum Gasteiger partial charge on any atom is -0.330 e. The van der Waals surface area contributed by atoms with Gasteiger partial charge in [0, 0.05) is 30.6 Å². The van der Waals surface area contributed by atoms with Crippen molar-refractivity contribution in [2.45, 2.75) is 18.9 Å². The standard InChI is InChI=1S/C16H18N2O/c19-16(9-8-13-5-2-1-3-6-13)18-11-14-7-4-10-17-15(14)12-18/h1-3,5-6,14-15,17H,4,7,10-12H2. The molecule has 0 spiro atoms. The molecule has 98 valence electrons. The van der Waals surface area contributed by atoms with Gasteiger partial charge < -0.3 is 10.2 Å². The van der Waals surface area contributed by atoms with Gasteiger partial charge in [0.15, 0.2) is 0 Å². The van der Waals surface area contributed by atoms with E-state index >= 15 is 0 Å². The average molecular weight is 254 g/mol. The summed E-state index contributed by atoms with van der Waals surface area (Å²) in [5.41, 5.74) is 0.894. The first-order valence-electron chi connectivity index (χ1n) is 6.92. The zero-order valence-corrected chi connectivity index (χ0v) is 10.9. The molecule has 1 aromatic carbocycles. The Kier molecular flexibility index (Phi) is 3.52. The molecule has 0 bridgehead atoms. The largest absolute Gasteiger partial charge is 0.330 e. The van der Waals surface area contributed by atoms with Gasteiger partial charge in [0.25, 0.3) is 5.91 Å². The molecule has 0 aliphatic carbocycles. The topological polar surface area (TPSA) is 32.3 Å². The molecule has 3 rings (SSSR count). The molecular formula is C16H18N2O. The van der Waals surface area contributed by atoms with Gasteiger partial charge in [-0.25, -0.2) is 0 Å². The fourth-order valence-corrected chi connectivity index (χ4v) is 2.94. The van der Waals surface area contributed by atoms with Crippen molar-refractivity contribution < 1.29 is 4.79 Å². The van der Waals surface area contributed by atoms with Crippen LogP contribution in [0.5, 0.6) is 0 Å². The number of nitrogens with zero attached hydrogens (tertiary/aromatic N) is 1. The lowest BCUT2D eigenvalue weighted by atomic mass is 9.94. The van der Waals surface area contributed by atoms with Crippen LogP contribution in [0.15, 0.2) is 30.3 Å². The number of fused-ring (bicyclic) bond motifs is 1. The van der Waals surface area contributed by atoms with E-state index in [2.05, 4.69) is 17.2 Å². The third-order valence-electron chi connectivity index (χ3n) is 3.97. The summed E-state index contributed by atoms with van der Waals surface area (Å²) in [7, 11) is 0. The van der Waals surface area contributed by atoms with Crippen LogP contribution in [0, 0.1) is 17.8 Å². The Hall–Kier alpha value is -1.79. The van der Waals surface area contributed by atoms with Crippen molar-refractivity contribution in [2.75, 3.05) is 19.6 Å². The highest BCUT2D eigenvalue weighted by Crippen LogP contribution is 2.24. The molecule has 2 unspecified atom stereocenters. The van der Waals surface area contributed by atoms with Gasteiger partial charge in [-0.05, 0) is 37.4 Å². The van der Waals surface area contributed by atoms with E-state index in [-0.39, 0.29) is 5.91 Å². The predicted molar refractivity (Wildman–Crippen MR) is 74.4 cm³/mol. The SMILES string of the molecule is O=C(C#Cc1ccccc1)N1CC2CCCNC2C1. The maximum atomic E-state index is 12.1. The zero-order chi connectivity index (χ0) is 13.1. The Morgan fingerprint density at radius 3 is 2.89 bits per heavy atom. The number of nitrogens with one attached hydrogen (secondary N) is 1. The van der Waals surface area contributed by atoms with Crippen molar-refractivity contribution in [3.8, 4) is 11.8 Å². The van der Waals surface area contributed by atoms with Crippen molar-refractivity contribution in [1.82, 2.24) is 10.2 Å². The quantitative estimate of drug-likeness (QED) is 0.707. The molecule has 2 aliphatic heterocycles. The highest BCUT2D eigenvalue weighted by Gasteiger charge is 2.35. The van der Waals surface area contributed by atoms with E-state index in [1.54, 1.807) is 0 Å². The molecule has 1 aromatic rings. The zero-order valence-electron chi connectivity index (χ0n) is 10.9. The van der Waals surface area contributed by atoms with E-state index in [4.69, 9.17) is 0 Å². The van der Waals surface area contributed by atoms with Crippen LogP contribution in [-0.4, -0.2) is 36.5 Å². The Balaban J connectivity index is 1.64. The monoisotopic (exact) mass is 254 g/mol. The number of benzene rings is 1. The second kappa shape index (κ2) is 5.46. The molecule has 1 amide bonds. The van der Waals surface area contributed by atoms with Crippen molar-refractivity contribution in [3.63, 3.8) is 0 Å². The van der Waals surface area contributed by atoms with E-state index in [1.165, 1.54) is 12.8 Å². The third kappa shape index (κ3) is 2.80. The van der Waals surface area contributed by atoms with Crippen LogP contribution in [0.1, 0.15) is 18.4 Å². The first-order chi connectivity index (χ1) is 9.33. The Labute approximate surface area is 114 Å². The molecule has 2 heterocycles. The minimum atomic E-state index is -0.0416.